The fraction of sp³-hybridized carbons (Fsp3) is 0.227. The molecule has 0 spiro atoms. The molecular formula is C22H22F2N4O2. The van der Waals surface area contributed by atoms with Crippen LogP contribution in [0.4, 0.5) is 8.78 Å². The van der Waals surface area contributed by atoms with Crippen molar-refractivity contribution < 1.29 is 18.4 Å². The molecule has 1 atom stereocenters. The SMILES string of the molecule is CC(C)[C@@H](NC(=O)c1c(F)cccc1F)C(=O)NCc1cnn(-c2ccccc2)c1. The molecule has 2 N–H and O–H groups in total. The highest BCUT2D eigenvalue weighted by atomic mass is 19.1. The molecule has 6 nitrogen and oxygen atoms in total. The number of hydrogen-bond donors (Lipinski definition) is 2. The van der Waals surface area contributed by atoms with Crippen LogP contribution in [0.15, 0.2) is 60.9 Å². The fourth-order valence-corrected chi connectivity index (χ4v) is 2.94. The maximum atomic E-state index is 13.9. The Morgan fingerprint density at radius 3 is 2.33 bits per heavy atom. The van der Waals surface area contributed by atoms with Crippen LogP contribution in [0.3, 0.4) is 0 Å². The second-order valence-electron chi connectivity index (χ2n) is 7.14. The molecule has 0 saturated heterocycles. The average molecular weight is 412 g/mol. The van der Waals surface area contributed by atoms with Gasteiger partial charge in [-0.3, -0.25) is 9.59 Å². The quantitative estimate of drug-likeness (QED) is 0.626. The average Bonchev–Trinajstić information content (AvgIpc) is 3.19. The molecule has 0 fully saturated rings. The second-order valence-corrected chi connectivity index (χ2v) is 7.14. The number of hydrogen-bond acceptors (Lipinski definition) is 3. The summed E-state index contributed by atoms with van der Waals surface area (Å²) in [7, 11) is 0. The Bertz CT molecular complexity index is 1010. The largest absolute Gasteiger partial charge is 0.350 e. The number of carbonyl (C=O) groups excluding carboxylic acids is 2. The summed E-state index contributed by atoms with van der Waals surface area (Å²) in [6.45, 7) is 3.66. The van der Waals surface area contributed by atoms with Crippen LogP contribution in [-0.4, -0.2) is 27.6 Å². The number of para-hydroxylation sites is 1. The Morgan fingerprint density at radius 2 is 1.70 bits per heavy atom. The number of rotatable bonds is 7. The van der Waals surface area contributed by atoms with Crippen LogP contribution in [0, 0.1) is 17.6 Å². The lowest BCUT2D eigenvalue weighted by Gasteiger charge is -2.22. The van der Waals surface area contributed by atoms with Gasteiger partial charge in [0, 0.05) is 18.3 Å². The number of aromatic nitrogens is 2. The highest BCUT2D eigenvalue weighted by molar-refractivity contribution is 5.98. The molecule has 156 valence electrons. The molecule has 0 aliphatic heterocycles. The first-order valence-electron chi connectivity index (χ1n) is 9.48. The van der Waals surface area contributed by atoms with Gasteiger partial charge in [-0.05, 0) is 30.2 Å². The van der Waals surface area contributed by atoms with E-state index in [1.165, 1.54) is 6.07 Å². The maximum absolute atomic E-state index is 13.9. The topological polar surface area (TPSA) is 76.0 Å². The Balaban J connectivity index is 1.65. The van der Waals surface area contributed by atoms with Crippen molar-refractivity contribution in [2.45, 2.75) is 26.4 Å². The van der Waals surface area contributed by atoms with Gasteiger partial charge in [0.15, 0.2) is 0 Å². The molecule has 1 aromatic heterocycles. The number of halogens is 2. The van der Waals surface area contributed by atoms with E-state index in [0.29, 0.717) is 0 Å². The Kier molecular flexibility index (Phi) is 6.56. The summed E-state index contributed by atoms with van der Waals surface area (Å²) in [5.41, 5.74) is 0.940. The lowest BCUT2D eigenvalue weighted by Crippen LogP contribution is -2.49. The van der Waals surface area contributed by atoms with Crippen LogP contribution in [0.25, 0.3) is 5.69 Å². The van der Waals surface area contributed by atoms with Crippen molar-refractivity contribution in [2.24, 2.45) is 5.92 Å². The van der Waals surface area contributed by atoms with Crippen molar-refractivity contribution in [2.75, 3.05) is 0 Å². The molecule has 0 radical (unpaired) electrons. The molecule has 2 aromatic carbocycles. The first-order chi connectivity index (χ1) is 14.4. The first-order valence-corrected chi connectivity index (χ1v) is 9.48. The van der Waals surface area contributed by atoms with Gasteiger partial charge in [0.1, 0.15) is 23.2 Å². The number of amides is 2. The molecule has 3 rings (SSSR count). The van der Waals surface area contributed by atoms with Gasteiger partial charge in [-0.15, -0.1) is 0 Å². The van der Waals surface area contributed by atoms with Crippen molar-refractivity contribution in [3.63, 3.8) is 0 Å². The van der Waals surface area contributed by atoms with E-state index in [1.54, 1.807) is 30.9 Å². The summed E-state index contributed by atoms with van der Waals surface area (Å²) in [6, 6.07) is 11.7. The Labute approximate surface area is 172 Å². The van der Waals surface area contributed by atoms with Crippen molar-refractivity contribution in [3.8, 4) is 5.69 Å². The lowest BCUT2D eigenvalue weighted by molar-refractivity contribution is -0.124. The molecular weight excluding hydrogens is 390 g/mol. The van der Waals surface area contributed by atoms with Gasteiger partial charge >= 0.3 is 0 Å². The summed E-state index contributed by atoms with van der Waals surface area (Å²) >= 11 is 0. The van der Waals surface area contributed by atoms with Crippen molar-refractivity contribution in [3.05, 3.63) is 83.7 Å². The Morgan fingerprint density at radius 1 is 1.03 bits per heavy atom. The van der Waals surface area contributed by atoms with Crippen LogP contribution >= 0.6 is 0 Å². The molecule has 0 aliphatic carbocycles. The molecule has 0 aliphatic rings. The predicted molar refractivity (Wildman–Crippen MR) is 108 cm³/mol. The van der Waals surface area contributed by atoms with Gasteiger partial charge in [0.25, 0.3) is 5.91 Å². The summed E-state index contributed by atoms with van der Waals surface area (Å²) in [5.74, 6) is -3.69. The van der Waals surface area contributed by atoms with Gasteiger partial charge in [-0.1, -0.05) is 38.1 Å². The van der Waals surface area contributed by atoms with E-state index in [9.17, 15) is 18.4 Å². The van der Waals surface area contributed by atoms with E-state index < -0.39 is 35.1 Å². The standard InChI is InChI=1S/C22H22F2N4O2/c1-14(2)20(27-21(29)19-17(23)9-6-10-18(19)24)22(30)25-11-15-12-26-28(13-15)16-7-4-3-5-8-16/h3-10,12-14,20H,11H2,1-2H3,(H,25,30)(H,27,29)/t20-/m1/s1. The molecule has 8 heteroatoms. The monoisotopic (exact) mass is 412 g/mol. The Hall–Kier alpha value is -3.55. The van der Waals surface area contributed by atoms with Crippen molar-refractivity contribution in [1.82, 2.24) is 20.4 Å². The number of nitrogens with one attached hydrogen (secondary N) is 2. The van der Waals surface area contributed by atoms with Gasteiger partial charge in [0.2, 0.25) is 5.91 Å². The molecule has 1 heterocycles. The van der Waals surface area contributed by atoms with Gasteiger partial charge in [0.05, 0.1) is 11.9 Å². The van der Waals surface area contributed by atoms with E-state index in [0.717, 1.165) is 23.4 Å². The van der Waals surface area contributed by atoms with Crippen molar-refractivity contribution >= 4 is 11.8 Å². The van der Waals surface area contributed by atoms with E-state index >= 15 is 0 Å². The zero-order valence-electron chi connectivity index (χ0n) is 16.6. The molecule has 30 heavy (non-hydrogen) atoms. The predicted octanol–water partition coefficient (Wildman–Crippen LogP) is 3.22. The van der Waals surface area contributed by atoms with E-state index in [4.69, 9.17) is 0 Å². The van der Waals surface area contributed by atoms with E-state index in [1.807, 2.05) is 30.3 Å². The zero-order chi connectivity index (χ0) is 21.7. The van der Waals surface area contributed by atoms with Crippen LogP contribution in [0.2, 0.25) is 0 Å². The first kappa shape index (κ1) is 21.2. The van der Waals surface area contributed by atoms with E-state index in [2.05, 4.69) is 15.7 Å². The molecule has 0 saturated carbocycles. The summed E-state index contributed by atoms with van der Waals surface area (Å²) < 4.78 is 29.4. The fourth-order valence-electron chi connectivity index (χ4n) is 2.94. The third-order valence-corrected chi connectivity index (χ3v) is 4.55. The number of carbonyl (C=O) groups is 2. The second kappa shape index (κ2) is 9.30. The molecule has 2 amide bonds. The van der Waals surface area contributed by atoms with Crippen LogP contribution in [0.1, 0.15) is 29.8 Å². The minimum atomic E-state index is -0.983. The third-order valence-electron chi connectivity index (χ3n) is 4.55. The summed E-state index contributed by atoms with van der Waals surface area (Å²) in [6.07, 6.45) is 3.41. The molecule has 0 bridgehead atoms. The smallest absolute Gasteiger partial charge is 0.257 e. The normalized spacial score (nSPS) is 11.9. The third kappa shape index (κ3) is 4.89. The summed E-state index contributed by atoms with van der Waals surface area (Å²) in [5, 5.41) is 9.43. The van der Waals surface area contributed by atoms with E-state index in [-0.39, 0.29) is 12.5 Å². The number of benzene rings is 2. The summed E-state index contributed by atoms with van der Waals surface area (Å²) in [4.78, 5) is 25.0. The van der Waals surface area contributed by atoms with Gasteiger partial charge < -0.3 is 10.6 Å². The van der Waals surface area contributed by atoms with Crippen molar-refractivity contribution in [1.29, 1.82) is 0 Å². The van der Waals surface area contributed by atoms with Gasteiger partial charge in [-0.2, -0.15) is 5.10 Å². The van der Waals surface area contributed by atoms with Crippen LogP contribution in [0.5, 0.6) is 0 Å². The molecule has 3 aromatic rings. The highest BCUT2D eigenvalue weighted by Crippen LogP contribution is 2.13. The zero-order valence-corrected chi connectivity index (χ0v) is 16.6. The van der Waals surface area contributed by atoms with Crippen LogP contribution < -0.4 is 10.6 Å². The minimum Gasteiger partial charge on any atom is -0.350 e. The maximum Gasteiger partial charge on any atom is 0.257 e. The number of nitrogens with zero attached hydrogens (tertiary/aromatic N) is 2. The molecule has 0 unspecified atom stereocenters. The van der Waals surface area contributed by atoms with Gasteiger partial charge in [-0.25, -0.2) is 13.5 Å². The van der Waals surface area contributed by atoms with Crippen LogP contribution in [-0.2, 0) is 11.3 Å². The lowest BCUT2D eigenvalue weighted by atomic mass is 10.0. The minimum absolute atomic E-state index is 0.193. The highest BCUT2D eigenvalue weighted by Gasteiger charge is 2.27.